The number of nitrogens with zero attached hydrogens (tertiary/aromatic N) is 4. The molecule has 4 aromatic rings. The van der Waals surface area contributed by atoms with Gasteiger partial charge in [-0.15, -0.1) is 0 Å². The maximum Gasteiger partial charge on any atom is 0.410 e. The van der Waals surface area contributed by atoms with Crippen LogP contribution in [0.2, 0.25) is 5.02 Å². The number of ether oxygens (including phenoxy) is 1. The highest BCUT2D eigenvalue weighted by Crippen LogP contribution is 2.30. The molecule has 0 bridgehead atoms. The Morgan fingerprint density at radius 2 is 1.82 bits per heavy atom. The van der Waals surface area contributed by atoms with E-state index in [1.54, 1.807) is 29.2 Å². The van der Waals surface area contributed by atoms with Crippen LogP contribution >= 0.6 is 11.6 Å². The van der Waals surface area contributed by atoms with Crippen LogP contribution in [0.1, 0.15) is 32.8 Å². The second kappa shape index (κ2) is 10.6. The first-order valence-electron chi connectivity index (χ1n) is 12.2. The molecule has 0 saturated carbocycles. The molecule has 5 rings (SSSR count). The Labute approximate surface area is 228 Å². The number of carbonyl (C=O) groups is 1. The van der Waals surface area contributed by atoms with Gasteiger partial charge in [-0.05, 0) is 80.8 Å². The number of fused-ring (bicyclic) bond motifs is 1. The van der Waals surface area contributed by atoms with Crippen LogP contribution in [0.4, 0.5) is 10.5 Å². The van der Waals surface area contributed by atoms with Gasteiger partial charge in [0.15, 0.2) is 0 Å². The summed E-state index contributed by atoms with van der Waals surface area (Å²) in [5.74, 6) is 0. The molecule has 3 heterocycles. The van der Waals surface area contributed by atoms with Crippen LogP contribution in [0.15, 0.2) is 78.1 Å². The summed E-state index contributed by atoms with van der Waals surface area (Å²) in [5.41, 5.74) is 5.01. The Hall–Kier alpha value is -3.69. The zero-order chi connectivity index (χ0) is 26.9. The van der Waals surface area contributed by atoms with Gasteiger partial charge in [-0.1, -0.05) is 29.8 Å². The molecule has 8 nitrogen and oxygen atoms in total. The SMILES string of the molecule is CC(C)(C)OC(=O)N1CC=C(c2cc3c(-c4ccc(NS(=O)c5ccc(Cl)cc5)cc4)ncnn3c2)CC1. The number of nitrogens with one attached hydrogen (secondary N) is 1. The Balaban J connectivity index is 1.32. The number of rotatable bonds is 5. The molecule has 1 N–H and O–H groups in total. The van der Waals surface area contributed by atoms with Crippen molar-refractivity contribution < 1.29 is 13.7 Å². The molecule has 10 heteroatoms. The average molecular weight is 550 g/mol. The third-order valence-electron chi connectivity index (χ3n) is 6.03. The largest absolute Gasteiger partial charge is 0.444 e. The summed E-state index contributed by atoms with van der Waals surface area (Å²) in [6.07, 6.45) is 6.02. The Bertz CT molecular complexity index is 1530. The summed E-state index contributed by atoms with van der Waals surface area (Å²) in [6, 6.07) is 16.6. The molecule has 0 fully saturated rings. The number of benzene rings is 2. The fourth-order valence-electron chi connectivity index (χ4n) is 4.17. The standard InChI is InChI=1S/C28H28ClN5O3S/c1-28(2,3)37-27(35)33-14-12-19(13-15-33)21-16-25-26(30-18-31-34(25)17-21)20-4-8-23(9-5-20)32-38(36)24-10-6-22(29)7-11-24/h4-12,16-18,32H,13-15H2,1-3H3. The topological polar surface area (TPSA) is 88.8 Å². The van der Waals surface area contributed by atoms with Crippen LogP contribution in [0.5, 0.6) is 0 Å². The van der Waals surface area contributed by atoms with Gasteiger partial charge in [0.2, 0.25) is 0 Å². The predicted molar refractivity (Wildman–Crippen MR) is 150 cm³/mol. The lowest BCUT2D eigenvalue weighted by Gasteiger charge is -2.29. The minimum Gasteiger partial charge on any atom is -0.444 e. The van der Waals surface area contributed by atoms with E-state index in [1.165, 1.54) is 6.33 Å². The van der Waals surface area contributed by atoms with E-state index in [4.69, 9.17) is 16.3 Å². The lowest BCUT2D eigenvalue weighted by Crippen LogP contribution is -2.39. The zero-order valence-corrected chi connectivity index (χ0v) is 22.9. The van der Waals surface area contributed by atoms with E-state index in [1.807, 2.05) is 55.7 Å². The normalized spacial score (nSPS) is 14.7. The van der Waals surface area contributed by atoms with Crippen LogP contribution in [-0.4, -0.2) is 48.5 Å². The maximum atomic E-state index is 12.6. The fraction of sp³-hybridized carbons (Fsp3) is 0.250. The average Bonchev–Trinajstić information content (AvgIpc) is 3.33. The molecule has 38 heavy (non-hydrogen) atoms. The highest BCUT2D eigenvalue weighted by molar-refractivity contribution is 7.86. The second-order valence-corrected chi connectivity index (χ2v) is 11.6. The van der Waals surface area contributed by atoms with Crippen molar-refractivity contribution in [2.45, 2.75) is 37.7 Å². The Morgan fingerprint density at radius 3 is 2.47 bits per heavy atom. The first-order valence-corrected chi connectivity index (χ1v) is 13.7. The molecule has 1 aliphatic rings. The summed E-state index contributed by atoms with van der Waals surface area (Å²) >= 11 is 5.92. The summed E-state index contributed by atoms with van der Waals surface area (Å²) in [4.78, 5) is 19.3. The van der Waals surface area contributed by atoms with Gasteiger partial charge in [-0.3, -0.25) is 0 Å². The van der Waals surface area contributed by atoms with Crippen LogP contribution in [0.3, 0.4) is 0 Å². The van der Waals surface area contributed by atoms with Gasteiger partial charge in [0, 0.05) is 35.6 Å². The number of anilines is 1. The van der Waals surface area contributed by atoms with Gasteiger partial charge in [0.1, 0.15) is 22.9 Å². The lowest BCUT2D eigenvalue weighted by molar-refractivity contribution is 0.0270. The molecule has 2 aromatic carbocycles. The molecule has 1 unspecified atom stereocenters. The molecule has 0 saturated heterocycles. The summed E-state index contributed by atoms with van der Waals surface area (Å²) in [5, 5.41) is 4.99. The number of amides is 1. The molecule has 2 aromatic heterocycles. The minimum atomic E-state index is -1.40. The Morgan fingerprint density at radius 1 is 1.08 bits per heavy atom. The van der Waals surface area contributed by atoms with Crippen LogP contribution in [-0.2, 0) is 15.7 Å². The van der Waals surface area contributed by atoms with Crippen molar-refractivity contribution in [1.82, 2.24) is 19.5 Å². The smallest absolute Gasteiger partial charge is 0.410 e. The van der Waals surface area contributed by atoms with Crippen LogP contribution in [0, 0.1) is 0 Å². The van der Waals surface area contributed by atoms with Gasteiger partial charge in [0.05, 0.1) is 16.1 Å². The summed E-state index contributed by atoms with van der Waals surface area (Å²) in [7, 11) is -1.40. The molecular formula is C28H28ClN5O3S. The third kappa shape index (κ3) is 5.89. The summed E-state index contributed by atoms with van der Waals surface area (Å²) in [6.45, 7) is 6.70. The van der Waals surface area contributed by atoms with Crippen molar-refractivity contribution in [2.24, 2.45) is 0 Å². The second-order valence-electron chi connectivity index (χ2n) is 9.98. The molecule has 196 valence electrons. The van der Waals surface area contributed by atoms with Crippen molar-refractivity contribution in [1.29, 1.82) is 0 Å². The first kappa shape index (κ1) is 25.9. The van der Waals surface area contributed by atoms with E-state index >= 15 is 0 Å². The monoisotopic (exact) mass is 549 g/mol. The molecule has 0 spiro atoms. The van der Waals surface area contributed by atoms with Crippen LogP contribution in [0.25, 0.3) is 22.3 Å². The number of carbonyl (C=O) groups excluding carboxylic acids is 1. The van der Waals surface area contributed by atoms with E-state index in [0.717, 1.165) is 40.0 Å². The summed E-state index contributed by atoms with van der Waals surface area (Å²) < 4.78 is 23.0. The molecule has 0 aliphatic carbocycles. The van der Waals surface area contributed by atoms with Crippen LogP contribution < -0.4 is 4.72 Å². The minimum absolute atomic E-state index is 0.294. The zero-order valence-electron chi connectivity index (χ0n) is 21.3. The molecule has 1 atom stereocenters. The van der Waals surface area contributed by atoms with Crippen molar-refractivity contribution in [3.63, 3.8) is 0 Å². The van der Waals surface area contributed by atoms with E-state index in [2.05, 4.69) is 26.9 Å². The van der Waals surface area contributed by atoms with E-state index in [9.17, 15) is 9.00 Å². The van der Waals surface area contributed by atoms with Crippen molar-refractivity contribution in [2.75, 3.05) is 17.8 Å². The van der Waals surface area contributed by atoms with Gasteiger partial charge >= 0.3 is 6.09 Å². The van der Waals surface area contributed by atoms with Gasteiger partial charge in [-0.25, -0.2) is 18.5 Å². The molecule has 0 radical (unpaired) electrons. The third-order valence-corrected chi connectivity index (χ3v) is 7.41. The molecule has 1 aliphatic heterocycles. The van der Waals surface area contributed by atoms with Crippen molar-refractivity contribution >= 4 is 45.5 Å². The van der Waals surface area contributed by atoms with E-state index in [-0.39, 0.29) is 6.09 Å². The highest BCUT2D eigenvalue weighted by atomic mass is 35.5. The van der Waals surface area contributed by atoms with Crippen molar-refractivity contribution in [3.8, 4) is 11.3 Å². The van der Waals surface area contributed by atoms with Crippen molar-refractivity contribution in [3.05, 3.63) is 83.8 Å². The number of aromatic nitrogens is 3. The highest BCUT2D eigenvalue weighted by Gasteiger charge is 2.24. The van der Waals surface area contributed by atoms with Gasteiger partial charge < -0.3 is 14.4 Å². The lowest BCUT2D eigenvalue weighted by atomic mass is 10.0. The maximum absolute atomic E-state index is 12.6. The van der Waals surface area contributed by atoms with Gasteiger partial charge in [-0.2, -0.15) is 5.10 Å². The van der Waals surface area contributed by atoms with Gasteiger partial charge in [0.25, 0.3) is 0 Å². The Kier molecular flexibility index (Phi) is 7.23. The number of hydrogen-bond acceptors (Lipinski definition) is 5. The predicted octanol–water partition coefficient (Wildman–Crippen LogP) is 6.21. The first-order chi connectivity index (χ1) is 18.2. The number of hydrogen-bond donors (Lipinski definition) is 1. The number of halogens is 1. The molecule has 1 amide bonds. The molecular weight excluding hydrogens is 522 g/mol. The van der Waals surface area contributed by atoms with E-state index in [0.29, 0.717) is 23.0 Å². The fourth-order valence-corrected chi connectivity index (χ4v) is 5.15. The quantitative estimate of drug-likeness (QED) is 0.320. The van der Waals surface area contributed by atoms with E-state index < -0.39 is 16.6 Å².